The van der Waals surface area contributed by atoms with Gasteiger partial charge in [-0.15, -0.1) is 0 Å². The molecule has 8 nitrogen and oxygen atoms in total. The summed E-state index contributed by atoms with van der Waals surface area (Å²) in [6.45, 7) is 11.2. The van der Waals surface area contributed by atoms with Crippen molar-refractivity contribution in [3.8, 4) is 0 Å². The lowest BCUT2D eigenvalue weighted by atomic mass is 10.0. The zero-order chi connectivity index (χ0) is 21.5. The lowest BCUT2D eigenvalue weighted by Crippen LogP contribution is -2.63. The maximum absolute atomic E-state index is 13.0. The van der Waals surface area contributed by atoms with Crippen molar-refractivity contribution >= 4 is 40.0 Å². The van der Waals surface area contributed by atoms with Crippen LogP contribution in [0, 0.1) is 0 Å². The Labute approximate surface area is 186 Å². The first-order valence-electron chi connectivity index (χ1n) is 10.7. The lowest BCUT2D eigenvalue weighted by molar-refractivity contribution is -0.136. The average molecular weight is 455 g/mol. The van der Waals surface area contributed by atoms with Crippen LogP contribution in [0.4, 0.5) is 9.93 Å². The summed E-state index contributed by atoms with van der Waals surface area (Å²) in [5, 5.41) is 6.79. The first-order valence-corrected chi connectivity index (χ1v) is 11.9. The molecule has 0 spiro atoms. The van der Waals surface area contributed by atoms with Crippen molar-refractivity contribution < 1.29 is 9.59 Å². The molecule has 0 aromatic carbocycles. The minimum atomic E-state index is -0.184. The zero-order valence-corrected chi connectivity index (χ0v) is 19.5. The number of piperazine rings is 2. The van der Waals surface area contributed by atoms with Crippen molar-refractivity contribution in [2.75, 3.05) is 51.1 Å². The molecular weight excluding hydrogens is 424 g/mol. The fourth-order valence-corrected chi connectivity index (χ4v) is 5.21. The second-order valence-corrected chi connectivity index (χ2v) is 10.9. The summed E-state index contributed by atoms with van der Waals surface area (Å²) >= 11 is 7.57. The summed E-state index contributed by atoms with van der Waals surface area (Å²) in [6.07, 6.45) is 2.24. The topological polar surface area (TPSA) is 80.8 Å². The Morgan fingerprint density at radius 2 is 1.80 bits per heavy atom. The van der Waals surface area contributed by atoms with Crippen LogP contribution in [0.1, 0.15) is 45.2 Å². The molecule has 2 saturated heterocycles. The third kappa shape index (κ3) is 4.90. The number of thiazole rings is 1. The molecule has 0 bridgehead atoms. The van der Waals surface area contributed by atoms with Crippen molar-refractivity contribution in [1.82, 2.24) is 25.0 Å². The molecule has 3 amide bonds. The Bertz CT molecular complexity index is 798. The SMILES string of the molecule is CC(C)(C)N1CCN[C@@H](C(=O)N2CCN(C(=O)Nc3nc(C4CC4)c(Cl)s3)CC2)C1. The maximum atomic E-state index is 13.0. The first kappa shape index (κ1) is 21.8. The first-order chi connectivity index (χ1) is 14.2. The van der Waals surface area contributed by atoms with Gasteiger partial charge < -0.3 is 15.1 Å². The van der Waals surface area contributed by atoms with E-state index in [0.717, 1.165) is 38.2 Å². The molecule has 0 unspecified atom stereocenters. The van der Waals surface area contributed by atoms with Gasteiger partial charge in [0.15, 0.2) is 5.13 Å². The van der Waals surface area contributed by atoms with Gasteiger partial charge in [-0.25, -0.2) is 9.78 Å². The molecule has 3 aliphatic rings. The van der Waals surface area contributed by atoms with Gasteiger partial charge in [0, 0.05) is 57.3 Å². The smallest absolute Gasteiger partial charge is 0.323 e. The number of carbonyl (C=O) groups is 2. The van der Waals surface area contributed by atoms with Crippen molar-refractivity contribution in [3.05, 3.63) is 10.0 Å². The van der Waals surface area contributed by atoms with E-state index in [-0.39, 0.29) is 23.5 Å². The van der Waals surface area contributed by atoms with Crippen LogP contribution < -0.4 is 10.6 Å². The molecule has 0 radical (unpaired) electrons. The summed E-state index contributed by atoms with van der Waals surface area (Å²) < 4.78 is 0.674. The van der Waals surface area contributed by atoms with E-state index in [1.807, 2.05) is 4.90 Å². The molecule has 1 aromatic rings. The van der Waals surface area contributed by atoms with Gasteiger partial charge in [0.25, 0.3) is 0 Å². The van der Waals surface area contributed by atoms with E-state index in [2.05, 4.69) is 41.3 Å². The van der Waals surface area contributed by atoms with Crippen molar-refractivity contribution in [2.24, 2.45) is 0 Å². The van der Waals surface area contributed by atoms with Crippen LogP contribution in [0.15, 0.2) is 0 Å². The molecule has 2 N–H and O–H groups in total. The highest BCUT2D eigenvalue weighted by Gasteiger charge is 2.35. The number of aromatic nitrogens is 1. The van der Waals surface area contributed by atoms with Gasteiger partial charge >= 0.3 is 6.03 Å². The van der Waals surface area contributed by atoms with Gasteiger partial charge in [-0.1, -0.05) is 22.9 Å². The van der Waals surface area contributed by atoms with E-state index < -0.39 is 0 Å². The number of urea groups is 1. The molecule has 10 heteroatoms. The van der Waals surface area contributed by atoms with Crippen LogP contribution in [-0.2, 0) is 4.79 Å². The Balaban J connectivity index is 1.27. The van der Waals surface area contributed by atoms with Crippen LogP contribution in [0.3, 0.4) is 0 Å². The minimum Gasteiger partial charge on any atom is -0.338 e. The van der Waals surface area contributed by atoms with E-state index in [1.54, 1.807) is 4.90 Å². The molecule has 1 atom stereocenters. The highest BCUT2D eigenvalue weighted by molar-refractivity contribution is 7.19. The minimum absolute atomic E-state index is 0.0511. The lowest BCUT2D eigenvalue weighted by Gasteiger charge is -2.43. The molecule has 4 rings (SSSR count). The highest BCUT2D eigenvalue weighted by atomic mass is 35.5. The average Bonchev–Trinajstić information content (AvgIpc) is 3.50. The third-order valence-corrected chi connectivity index (χ3v) is 7.29. The number of nitrogens with one attached hydrogen (secondary N) is 2. The number of hydrogen-bond acceptors (Lipinski definition) is 6. The molecule has 30 heavy (non-hydrogen) atoms. The molecular formula is C20H31ClN6O2S. The van der Waals surface area contributed by atoms with Crippen LogP contribution >= 0.6 is 22.9 Å². The van der Waals surface area contributed by atoms with Crippen LogP contribution in [0.5, 0.6) is 0 Å². The van der Waals surface area contributed by atoms with Gasteiger partial charge in [-0.05, 0) is 33.6 Å². The maximum Gasteiger partial charge on any atom is 0.323 e. The van der Waals surface area contributed by atoms with Crippen molar-refractivity contribution in [3.63, 3.8) is 0 Å². The van der Waals surface area contributed by atoms with Crippen LogP contribution in [0.2, 0.25) is 4.34 Å². The third-order valence-electron chi connectivity index (χ3n) is 6.09. The molecule has 3 fully saturated rings. The second kappa shape index (κ2) is 8.61. The molecule has 1 aliphatic carbocycles. The second-order valence-electron chi connectivity index (χ2n) is 9.32. The summed E-state index contributed by atoms with van der Waals surface area (Å²) in [6, 6.07) is -0.360. The van der Waals surface area contributed by atoms with E-state index in [0.29, 0.717) is 41.6 Å². The number of nitrogens with zero attached hydrogens (tertiary/aromatic N) is 4. The standard InChI is InChI=1S/C20H31ClN6O2S/c1-20(2,3)27-7-6-22-14(12-27)17(28)25-8-10-26(11-9-25)19(29)24-18-23-15(13-4-5-13)16(21)30-18/h13-14,22H,4-12H2,1-3H3,(H,23,24,29)/t14-/m1/s1. The highest BCUT2D eigenvalue weighted by Crippen LogP contribution is 2.45. The van der Waals surface area contributed by atoms with Gasteiger partial charge in [0.1, 0.15) is 4.34 Å². The largest absolute Gasteiger partial charge is 0.338 e. The Kier molecular flexibility index (Phi) is 6.25. The number of halogens is 1. The molecule has 2 aliphatic heterocycles. The fraction of sp³-hybridized carbons (Fsp3) is 0.750. The quantitative estimate of drug-likeness (QED) is 0.733. The number of hydrogen-bond donors (Lipinski definition) is 2. The number of carbonyl (C=O) groups excluding carboxylic acids is 2. The summed E-state index contributed by atoms with van der Waals surface area (Å²) in [5.74, 6) is 0.585. The summed E-state index contributed by atoms with van der Waals surface area (Å²) in [4.78, 5) is 36.1. The zero-order valence-electron chi connectivity index (χ0n) is 17.9. The molecule has 3 heterocycles. The Morgan fingerprint density at radius 3 is 2.43 bits per heavy atom. The number of rotatable bonds is 3. The fourth-order valence-electron chi connectivity index (χ4n) is 4.02. The Hall–Kier alpha value is -1.42. The molecule has 1 aromatic heterocycles. The van der Waals surface area contributed by atoms with Crippen LogP contribution in [0.25, 0.3) is 0 Å². The summed E-state index contributed by atoms with van der Waals surface area (Å²) in [7, 11) is 0. The predicted octanol–water partition coefficient (Wildman–Crippen LogP) is 2.42. The van der Waals surface area contributed by atoms with E-state index >= 15 is 0 Å². The predicted molar refractivity (Wildman–Crippen MR) is 119 cm³/mol. The van der Waals surface area contributed by atoms with E-state index in [9.17, 15) is 9.59 Å². The number of amides is 3. The van der Waals surface area contributed by atoms with Gasteiger partial charge in [-0.3, -0.25) is 15.0 Å². The molecule has 1 saturated carbocycles. The molecule has 166 valence electrons. The normalized spacial score (nSPS) is 23.5. The van der Waals surface area contributed by atoms with Gasteiger partial charge in [0.05, 0.1) is 11.7 Å². The van der Waals surface area contributed by atoms with Gasteiger partial charge in [-0.2, -0.15) is 0 Å². The monoisotopic (exact) mass is 454 g/mol. The number of anilines is 1. The van der Waals surface area contributed by atoms with E-state index in [4.69, 9.17) is 11.6 Å². The van der Waals surface area contributed by atoms with Crippen molar-refractivity contribution in [2.45, 2.75) is 51.1 Å². The van der Waals surface area contributed by atoms with E-state index in [1.165, 1.54) is 11.3 Å². The van der Waals surface area contributed by atoms with Crippen molar-refractivity contribution in [1.29, 1.82) is 0 Å². The van der Waals surface area contributed by atoms with Crippen LogP contribution in [-0.4, -0.2) is 89.0 Å². The Morgan fingerprint density at radius 1 is 1.13 bits per heavy atom. The van der Waals surface area contributed by atoms with Gasteiger partial charge in [0.2, 0.25) is 5.91 Å². The summed E-state index contributed by atoms with van der Waals surface area (Å²) in [5.41, 5.74) is 0.965.